The fourth-order valence-corrected chi connectivity index (χ4v) is 3.08. The first-order valence-electron chi connectivity index (χ1n) is 10.1. The van der Waals surface area contributed by atoms with Gasteiger partial charge in [-0.1, -0.05) is 119 Å². The average Bonchev–Trinajstić information content (AvgIpc) is 2.56. The zero-order valence-electron chi connectivity index (χ0n) is 15.2. The van der Waals surface area contributed by atoms with Crippen molar-refractivity contribution in [3.8, 4) is 0 Å². The molecule has 0 saturated heterocycles. The van der Waals surface area contributed by atoms with Gasteiger partial charge in [-0.3, -0.25) is 0 Å². The van der Waals surface area contributed by atoms with E-state index in [0.29, 0.717) is 0 Å². The van der Waals surface area contributed by atoms with E-state index in [1.807, 2.05) is 0 Å². The minimum atomic E-state index is 1.23. The Balaban J connectivity index is 2.21. The van der Waals surface area contributed by atoms with Gasteiger partial charge in [0.05, 0.1) is 0 Å². The van der Waals surface area contributed by atoms with Crippen LogP contribution in [-0.4, -0.2) is 0 Å². The molecule has 0 unspecified atom stereocenters. The second-order valence-corrected chi connectivity index (χ2v) is 6.80. The van der Waals surface area contributed by atoms with E-state index in [0.717, 1.165) is 0 Å². The molecule has 23 heavy (non-hydrogen) atoms. The quantitative estimate of drug-likeness (QED) is 0.424. The lowest BCUT2D eigenvalue weighted by atomic mass is 10.0. The van der Waals surface area contributed by atoms with Crippen LogP contribution in [-0.2, 0) is 0 Å². The Morgan fingerprint density at radius 2 is 0.522 bits per heavy atom. The van der Waals surface area contributed by atoms with Crippen LogP contribution in [0.5, 0.6) is 0 Å². The maximum absolute atomic E-state index is 2.30. The van der Waals surface area contributed by atoms with Gasteiger partial charge in [0.2, 0.25) is 0 Å². The Morgan fingerprint density at radius 3 is 0.870 bits per heavy atom. The number of hydrogen-bond acceptors (Lipinski definition) is 0. The molecule has 0 N–H and O–H groups in total. The minimum Gasteiger partial charge on any atom is -0.0845 e. The van der Waals surface area contributed by atoms with Gasteiger partial charge in [0.1, 0.15) is 0 Å². The van der Waals surface area contributed by atoms with Gasteiger partial charge < -0.3 is 0 Å². The molecular weight excluding hydrogens is 276 g/mol. The van der Waals surface area contributed by atoms with Crippen molar-refractivity contribution in [1.82, 2.24) is 0 Å². The van der Waals surface area contributed by atoms with Crippen molar-refractivity contribution in [2.75, 3.05) is 0 Å². The molecule has 0 spiro atoms. The van der Waals surface area contributed by atoms with E-state index in [1.165, 1.54) is 96.3 Å². The van der Waals surface area contributed by atoms with E-state index in [9.17, 15) is 0 Å². The number of rotatable bonds is 0. The average molecular weight is 315 g/mol. The lowest BCUT2D eigenvalue weighted by molar-refractivity contribution is 0.538. The SMILES string of the molecule is C1=CCCCCCCCCCCCCCCC\C=C/C=C\C=C/1. The first kappa shape index (κ1) is 20.0. The molecule has 1 aliphatic carbocycles. The Morgan fingerprint density at radius 1 is 0.261 bits per heavy atom. The van der Waals surface area contributed by atoms with E-state index in [4.69, 9.17) is 0 Å². The molecule has 130 valence electrons. The van der Waals surface area contributed by atoms with Crippen LogP contribution < -0.4 is 0 Å². The molecule has 0 aromatic rings. The van der Waals surface area contributed by atoms with Crippen LogP contribution >= 0.6 is 0 Å². The summed E-state index contributed by atoms with van der Waals surface area (Å²) in [6, 6.07) is 0. The Hall–Kier alpha value is -1.04. The van der Waals surface area contributed by atoms with Gasteiger partial charge in [-0.2, -0.15) is 0 Å². The van der Waals surface area contributed by atoms with E-state index in [-0.39, 0.29) is 0 Å². The van der Waals surface area contributed by atoms with Crippen molar-refractivity contribution in [3.63, 3.8) is 0 Å². The summed E-state index contributed by atoms with van der Waals surface area (Å²) in [5, 5.41) is 0. The van der Waals surface area contributed by atoms with Crippen LogP contribution in [0.15, 0.2) is 48.6 Å². The summed E-state index contributed by atoms with van der Waals surface area (Å²) in [6.07, 6.45) is 38.5. The Bertz CT molecular complexity index is 309. The maximum Gasteiger partial charge on any atom is -0.0348 e. The highest BCUT2D eigenvalue weighted by Crippen LogP contribution is 2.13. The molecule has 0 nitrogen and oxygen atoms in total. The highest BCUT2D eigenvalue weighted by Gasteiger charge is 1.93. The summed E-state index contributed by atoms with van der Waals surface area (Å²) in [5.41, 5.74) is 0. The molecule has 0 atom stereocenters. The molecule has 0 saturated carbocycles. The summed E-state index contributed by atoms with van der Waals surface area (Å²) in [6.45, 7) is 0. The van der Waals surface area contributed by atoms with Crippen molar-refractivity contribution in [2.45, 2.75) is 96.3 Å². The summed E-state index contributed by atoms with van der Waals surface area (Å²) >= 11 is 0. The minimum absolute atomic E-state index is 1.23. The maximum atomic E-state index is 2.30. The molecule has 1 rings (SSSR count). The van der Waals surface area contributed by atoms with Crippen LogP contribution in [0.4, 0.5) is 0 Å². The van der Waals surface area contributed by atoms with Gasteiger partial charge in [0.25, 0.3) is 0 Å². The van der Waals surface area contributed by atoms with Gasteiger partial charge in [-0.05, 0) is 25.7 Å². The van der Waals surface area contributed by atoms with Gasteiger partial charge in [-0.15, -0.1) is 0 Å². The number of hydrogen-bond donors (Lipinski definition) is 0. The molecule has 0 radical (unpaired) electrons. The van der Waals surface area contributed by atoms with E-state index in [2.05, 4.69) is 48.6 Å². The molecule has 1 aliphatic rings. The molecule has 0 aromatic heterocycles. The van der Waals surface area contributed by atoms with E-state index in [1.54, 1.807) is 0 Å². The molecule has 0 heterocycles. The van der Waals surface area contributed by atoms with Gasteiger partial charge in [0.15, 0.2) is 0 Å². The van der Waals surface area contributed by atoms with Crippen LogP contribution in [0.1, 0.15) is 96.3 Å². The highest BCUT2D eigenvalue weighted by atomic mass is 14.0. The third-order valence-corrected chi connectivity index (χ3v) is 4.57. The number of allylic oxidation sites excluding steroid dienone is 8. The standard InChI is InChI=1S/C23H38/c1-2-4-6-8-10-12-14-16-18-20-22-23-21-19-17-15-13-11-9-7-5-3-1/h1-8H,9-23H2/b3-1-,4-2-,7-5-,8-6?. The highest BCUT2D eigenvalue weighted by molar-refractivity contribution is 5.15. The molecule has 0 heteroatoms. The first-order chi connectivity index (χ1) is 11.5. The normalized spacial score (nSPS) is 25.4. The lowest BCUT2D eigenvalue weighted by Crippen LogP contribution is -1.83. The summed E-state index contributed by atoms with van der Waals surface area (Å²) in [5.74, 6) is 0. The summed E-state index contributed by atoms with van der Waals surface area (Å²) in [4.78, 5) is 0. The topological polar surface area (TPSA) is 0 Å². The fraction of sp³-hybridized carbons (Fsp3) is 0.652. The van der Waals surface area contributed by atoms with Gasteiger partial charge in [-0.25, -0.2) is 0 Å². The monoisotopic (exact) mass is 314 g/mol. The Kier molecular flexibility index (Phi) is 15.1. The predicted octanol–water partition coefficient (Wildman–Crippen LogP) is 8.08. The van der Waals surface area contributed by atoms with Crippen LogP contribution in [0, 0.1) is 0 Å². The van der Waals surface area contributed by atoms with Crippen LogP contribution in [0.2, 0.25) is 0 Å². The van der Waals surface area contributed by atoms with Crippen molar-refractivity contribution in [3.05, 3.63) is 48.6 Å². The largest absolute Gasteiger partial charge is 0.0845 e. The summed E-state index contributed by atoms with van der Waals surface area (Å²) < 4.78 is 0. The zero-order valence-corrected chi connectivity index (χ0v) is 15.2. The third-order valence-electron chi connectivity index (χ3n) is 4.57. The molecule has 0 bridgehead atoms. The lowest BCUT2D eigenvalue weighted by Gasteiger charge is -2.02. The van der Waals surface area contributed by atoms with Crippen molar-refractivity contribution < 1.29 is 0 Å². The van der Waals surface area contributed by atoms with Crippen molar-refractivity contribution in [2.24, 2.45) is 0 Å². The Labute approximate surface area is 145 Å². The molecular formula is C23H38. The smallest absolute Gasteiger partial charge is 0.0348 e. The fourth-order valence-electron chi connectivity index (χ4n) is 3.08. The van der Waals surface area contributed by atoms with Crippen molar-refractivity contribution >= 4 is 0 Å². The molecule has 0 fully saturated rings. The first-order valence-corrected chi connectivity index (χ1v) is 10.1. The van der Waals surface area contributed by atoms with E-state index >= 15 is 0 Å². The third kappa shape index (κ3) is 15.6. The van der Waals surface area contributed by atoms with Gasteiger partial charge >= 0.3 is 0 Å². The molecule has 0 amide bonds. The van der Waals surface area contributed by atoms with E-state index < -0.39 is 0 Å². The second-order valence-electron chi connectivity index (χ2n) is 6.80. The van der Waals surface area contributed by atoms with Gasteiger partial charge in [0, 0.05) is 0 Å². The van der Waals surface area contributed by atoms with Crippen LogP contribution in [0.3, 0.4) is 0 Å². The van der Waals surface area contributed by atoms with Crippen molar-refractivity contribution in [1.29, 1.82) is 0 Å². The zero-order chi connectivity index (χ0) is 16.3. The summed E-state index contributed by atoms with van der Waals surface area (Å²) in [7, 11) is 0. The van der Waals surface area contributed by atoms with Crippen LogP contribution in [0.25, 0.3) is 0 Å². The molecule has 0 aromatic carbocycles. The second kappa shape index (κ2) is 17.3. The predicted molar refractivity (Wildman–Crippen MR) is 106 cm³/mol. The molecule has 0 aliphatic heterocycles.